The predicted octanol–water partition coefficient (Wildman–Crippen LogP) is 0.621. The monoisotopic (exact) mass is 255 g/mol. The molecule has 1 unspecified atom stereocenters. The summed E-state index contributed by atoms with van der Waals surface area (Å²) in [6, 6.07) is 7.81. The Morgan fingerprint density at radius 2 is 2.00 bits per heavy atom. The molecule has 1 heterocycles. The molecule has 0 radical (unpaired) electrons. The van der Waals surface area contributed by atoms with Gasteiger partial charge in [-0.25, -0.2) is 4.72 Å². The highest BCUT2D eigenvalue weighted by Crippen LogP contribution is 2.34. The van der Waals surface area contributed by atoms with Gasteiger partial charge >= 0.3 is 10.2 Å². The zero-order chi connectivity index (χ0) is 12.5. The Labute approximate surface area is 102 Å². The van der Waals surface area contributed by atoms with Crippen LogP contribution in [0.4, 0.5) is 5.69 Å². The third-order valence-electron chi connectivity index (χ3n) is 3.10. The summed E-state index contributed by atoms with van der Waals surface area (Å²) in [6.07, 6.45) is 0.772. The first-order valence-corrected chi connectivity index (χ1v) is 7.01. The first-order valence-electron chi connectivity index (χ1n) is 5.57. The van der Waals surface area contributed by atoms with Gasteiger partial charge in [0.1, 0.15) is 0 Å². The van der Waals surface area contributed by atoms with Gasteiger partial charge in [0, 0.05) is 19.6 Å². The van der Waals surface area contributed by atoms with Gasteiger partial charge in [-0.15, -0.1) is 0 Å². The fraction of sp³-hybridized carbons (Fsp3) is 0.455. The molecule has 0 spiro atoms. The Kier molecular flexibility index (Phi) is 3.37. The van der Waals surface area contributed by atoms with Crippen LogP contribution >= 0.6 is 0 Å². The standard InChI is InChI=1S/C11H17N3O2S/c1-12-10-7-8-14(17(15,16)13-2)11-6-4-3-5-9(10)11/h3-6,10,12-13H,7-8H2,1-2H3. The van der Waals surface area contributed by atoms with E-state index < -0.39 is 10.2 Å². The molecular weight excluding hydrogens is 238 g/mol. The van der Waals surface area contributed by atoms with Gasteiger partial charge in [0.25, 0.3) is 0 Å². The van der Waals surface area contributed by atoms with E-state index in [0.29, 0.717) is 6.54 Å². The molecule has 0 bridgehead atoms. The normalized spacial score (nSPS) is 20.1. The van der Waals surface area contributed by atoms with Crippen LogP contribution in [0.1, 0.15) is 18.0 Å². The van der Waals surface area contributed by atoms with Crippen LogP contribution in [0.2, 0.25) is 0 Å². The summed E-state index contributed by atoms with van der Waals surface area (Å²) in [7, 11) is -0.0856. The second kappa shape index (κ2) is 4.64. The molecule has 1 aliphatic rings. The Bertz CT molecular complexity index is 501. The molecule has 0 aromatic heterocycles. The number of hydrogen-bond acceptors (Lipinski definition) is 3. The van der Waals surface area contributed by atoms with Crippen LogP contribution in [-0.4, -0.2) is 29.1 Å². The molecule has 1 atom stereocenters. The van der Waals surface area contributed by atoms with Crippen molar-refractivity contribution in [1.82, 2.24) is 10.0 Å². The Balaban J connectivity index is 2.48. The number of fused-ring (bicyclic) bond motifs is 1. The van der Waals surface area contributed by atoms with E-state index in [9.17, 15) is 8.42 Å². The van der Waals surface area contributed by atoms with E-state index >= 15 is 0 Å². The highest BCUT2D eigenvalue weighted by atomic mass is 32.2. The Morgan fingerprint density at radius 1 is 1.29 bits per heavy atom. The molecule has 0 amide bonds. The minimum absolute atomic E-state index is 0.217. The summed E-state index contributed by atoms with van der Waals surface area (Å²) in [4.78, 5) is 0. The van der Waals surface area contributed by atoms with Crippen LogP contribution in [0.25, 0.3) is 0 Å². The maximum atomic E-state index is 11.9. The smallest absolute Gasteiger partial charge is 0.301 e. The number of anilines is 1. The Hall–Kier alpha value is -1.11. The third-order valence-corrected chi connectivity index (χ3v) is 4.57. The molecule has 1 aromatic carbocycles. The summed E-state index contributed by atoms with van der Waals surface area (Å²) in [5.74, 6) is 0. The minimum atomic E-state index is -3.41. The lowest BCUT2D eigenvalue weighted by Gasteiger charge is -2.34. The number of nitrogens with one attached hydrogen (secondary N) is 2. The lowest BCUT2D eigenvalue weighted by Crippen LogP contribution is -2.44. The number of nitrogens with zero attached hydrogens (tertiary/aromatic N) is 1. The highest BCUT2D eigenvalue weighted by Gasteiger charge is 2.30. The molecular formula is C11H17N3O2S. The molecule has 1 aromatic rings. The summed E-state index contributed by atoms with van der Waals surface area (Å²) in [5, 5.41) is 3.21. The molecule has 94 valence electrons. The van der Waals surface area contributed by atoms with Crippen LogP contribution in [0.5, 0.6) is 0 Å². The second-order valence-electron chi connectivity index (χ2n) is 3.97. The van der Waals surface area contributed by atoms with Crippen molar-refractivity contribution in [3.05, 3.63) is 29.8 Å². The average Bonchev–Trinajstić information content (AvgIpc) is 2.37. The zero-order valence-corrected chi connectivity index (χ0v) is 10.8. The van der Waals surface area contributed by atoms with E-state index in [1.54, 1.807) is 0 Å². The van der Waals surface area contributed by atoms with Crippen molar-refractivity contribution in [2.24, 2.45) is 0 Å². The topological polar surface area (TPSA) is 61.4 Å². The molecule has 17 heavy (non-hydrogen) atoms. The summed E-state index contributed by atoms with van der Waals surface area (Å²) < 4.78 is 27.6. The average molecular weight is 255 g/mol. The van der Waals surface area contributed by atoms with Crippen LogP contribution in [0, 0.1) is 0 Å². The van der Waals surface area contributed by atoms with Gasteiger partial charge in [0.2, 0.25) is 0 Å². The molecule has 1 aliphatic heterocycles. The van der Waals surface area contributed by atoms with Gasteiger partial charge in [0.05, 0.1) is 5.69 Å². The van der Waals surface area contributed by atoms with Crippen molar-refractivity contribution in [3.63, 3.8) is 0 Å². The number of hydrogen-bond donors (Lipinski definition) is 2. The molecule has 0 aliphatic carbocycles. The molecule has 0 fully saturated rings. The first-order chi connectivity index (χ1) is 8.10. The van der Waals surface area contributed by atoms with Crippen molar-refractivity contribution >= 4 is 15.9 Å². The summed E-state index contributed by atoms with van der Waals surface area (Å²) in [5.41, 5.74) is 1.78. The fourth-order valence-corrected chi connectivity index (χ4v) is 3.18. The van der Waals surface area contributed by atoms with Gasteiger partial charge < -0.3 is 5.32 Å². The number of benzene rings is 1. The third kappa shape index (κ3) is 2.15. The largest absolute Gasteiger partial charge is 0.313 e. The van der Waals surface area contributed by atoms with Crippen molar-refractivity contribution < 1.29 is 8.42 Å². The van der Waals surface area contributed by atoms with Gasteiger partial charge in [-0.1, -0.05) is 18.2 Å². The van der Waals surface area contributed by atoms with Crippen molar-refractivity contribution in [3.8, 4) is 0 Å². The van der Waals surface area contributed by atoms with E-state index in [1.807, 2.05) is 31.3 Å². The van der Waals surface area contributed by atoms with Gasteiger partial charge in [-0.3, -0.25) is 4.31 Å². The van der Waals surface area contributed by atoms with E-state index in [4.69, 9.17) is 0 Å². The van der Waals surface area contributed by atoms with E-state index in [2.05, 4.69) is 10.0 Å². The van der Waals surface area contributed by atoms with Gasteiger partial charge in [0.15, 0.2) is 0 Å². The van der Waals surface area contributed by atoms with E-state index in [0.717, 1.165) is 17.7 Å². The zero-order valence-electron chi connectivity index (χ0n) is 9.97. The van der Waals surface area contributed by atoms with Crippen LogP contribution in [-0.2, 0) is 10.2 Å². The maximum Gasteiger partial charge on any atom is 0.301 e. The lowest BCUT2D eigenvalue weighted by atomic mass is 9.98. The number of para-hydroxylation sites is 1. The number of rotatable bonds is 3. The Morgan fingerprint density at radius 3 is 2.65 bits per heavy atom. The SMILES string of the molecule is CNC1CCN(S(=O)(=O)NC)c2ccccc21. The van der Waals surface area contributed by atoms with Crippen molar-refractivity contribution in [1.29, 1.82) is 0 Å². The maximum absolute atomic E-state index is 11.9. The fourth-order valence-electron chi connectivity index (χ4n) is 2.19. The van der Waals surface area contributed by atoms with Crippen LogP contribution in [0.3, 0.4) is 0 Å². The van der Waals surface area contributed by atoms with E-state index in [1.165, 1.54) is 11.4 Å². The van der Waals surface area contributed by atoms with Crippen molar-refractivity contribution in [2.45, 2.75) is 12.5 Å². The van der Waals surface area contributed by atoms with Gasteiger partial charge in [-0.05, 0) is 25.1 Å². The lowest BCUT2D eigenvalue weighted by molar-refractivity contribution is 0.526. The molecule has 2 rings (SSSR count). The first kappa shape index (κ1) is 12.3. The minimum Gasteiger partial charge on any atom is -0.313 e. The molecule has 6 heteroatoms. The molecule has 2 N–H and O–H groups in total. The van der Waals surface area contributed by atoms with Crippen LogP contribution in [0.15, 0.2) is 24.3 Å². The van der Waals surface area contributed by atoms with Crippen LogP contribution < -0.4 is 14.3 Å². The summed E-state index contributed by atoms with van der Waals surface area (Å²) in [6.45, 7) is 0.492. The molecule has 5 nitrogen and oxygen atoms in total. The summed E-state index contributed by atoms with van der Waals surface area (Å²) >= 11 is 0. The quantitative estimate of drug-likeness (QED) is 0.832. The molecule has 0 saturated carbocycles. The highest BCUT2D eigenvalue weighted by molar-refractivity contribution is 7.90. The second-order valence-corrected chi connectivity index (χ2v) is 5.77. The van der Waals surface area contributed by atoms with E-state index in [-0.39, 0.29) is 6.04 Å². The predicted molar refractivity (Wildman–Crippen MR) is 68.2 cm³/mol. The van der Waals surface area contributed by atoms with Gasteiger partial charge in [-0.2, -0.15) is 8.42 Å². The molecule has 0 saturated heterocycles. The van der Waals surface area contributed by atoms with Crippen molar-refractivity contribution in [2.75, 3.05) is 24.9 Å².